The third-order valence-electron chi connectivity index (χ3n) is 4.18. The van der Waals surface area contributed by atoms with Crippen LogP contribution in [0.3, 0.4) is 0 Å². The van der Waals surface area contributed by atoms with Gasteiger partial charge in [0.25, 0.3) is 5.91 Å². The van der Waals surface area contributed by atoms with Gasteiger partial charge in [0.15, 0.2) is 11.5 Å². The molecule has 1 N–H and O–H groups in total. The minimum Gasteiger partial charge on any atom is -0.496 e. The van der Waals surface area contributed by atoms with Gasteiger partial charge in [-0.2, -0.15) is 0 Å². The van der Waals surface area contributed by atoms with Crippen molar-refractivity contribution in [2.75, 3.05) is 21.3 Å². The highest BCUT2D eigenvalue weighted by Gasteiger charge is 2.17. The van der Waals surface area contributed by atoms with E-state index in [1.54, 1.807) is 39.5 Å². The lowest BCUT2D eigenvalue weighted by atomic mass is 10.0. The summed E-state index contributed by atoms with van der Waals surface area (Å²) in [6.07, 6.45) is 0.783. The highest BCUT2D eigenvalue weighted by atomic mass is 16.5. The van der Waals surface area contributed by atoms with E-state index in [0.29, 0.717) is 17.1 Å². The van der Waals surface area contributed by atoms with Crippen LogP contribution in [-0.4, -0.2) is 27.2 Å². The van der Waals surface area contributed by atoms with Crippen LogP contribution >= 0.6 is 0 Å². The normalized spacial score (nSPS) is 11.6. The molecule has 0 aliphatic carbocycles. The van der Waals surface area contributed by atoms with Crippen LogP contribution < -0.4 is 19.5 Å². The van der Waals surface area contributed by atoms with Crippen LogP contribution in [0, 0.1) is 6.92 Å². The number of methoxy groups -OCH3 is 3. The maximum atomic E-state index is 12.6. The maximum Gasteiger partial charge on any atom is 0.251 e. The van der Waals surface area contributed by atoms with Gasteiger partial charge in [-0.05, 0) is 48.7 Å². The van der Waals surface area contributed by atoms with E-state index in [1.165, 1.54) is 0 Å². The van der Waals surface area contributed by atoms with Crippen molar-refractivity contribution in [1.29, 1.82) is 0 Å². The van der Waals surface area contributed by atoms with Crippen LogP contribution in [0.15, 0.2) is 36.4 Å². The molecule has 1 atom stereocenters. The number of amides is 1. The number of hydrogen-bond acceptors (Lipinski definition) is 4. The topological polar surface area (TPSA) is 56.8 Å². The zero-order chi connectivity index (χ0) is 18.4. The summed E-state index contributed by atoms with van der Waals surface area (Å²) >= 11 is 0. The Labute approximate surface area is 148 Å². The number of ether oxygens (including phenoxy) is 3. The molecule has 2 rings (SSSR count). The molecular weight excluding hydrogens is 318 g/mol. The standard InChI is InChI=1S/C20H25NO4/c1-6-16(14-7-9-17(23-3)13(2)11-14)21-20(22)15-8-10-18(24-4)19(12-15)25-5/h7-12,16H,6H2,1-5H3,(H,21,22)/t16-/m0/s1. The second kappa shape index (κ2) is 8.42. The lowest BCUT2D eigenvalue weighted by Crippen LogP contribution is -2.28. The van der Waals surface area contributed by atoms with Gasteiger partial charge in [0.05, 0.1) is 27.4 Å². The van der Waals surface area contributed by atoms with Gasteiger partial charge in [-0.15, -0.1) is 0 Å². The van der Waals surface area contributed by atoms with E-state index >= 15 is 0 Å². The first kappa shape index (κ1) is 18.6. The van der Waals surface area contributed by atoms with Crippen molar-refractivity contribution in [2.24, 2.45) is 0 Å². The first-order valence-electron chi connectivity index (χ1n) is 8.21. The summed E-state index contributed by atoms with van der Waals surface area (Å²) in [4.78, 5) is 12.6. The molecule has 0 fully saturated rings. The summed E-state index contributed by atoms with van der Waals surface area (Å²) in [5.74, 6) is 1.81. The summed E-state index contributed by atoms with van der Waals surface area (Å²) in [5.41, 5.74) is 2.62. The molecule has 0 spiro atoms. The van der Waals surface area contributed by atoms with E-state index in [1.807, 2.05) is 32.0 Å². The van der Waals surface area contributed by atoms with Gasteiger partial charge in [0, 0.05) is 5.56 Å². The van der Waals surface area contributed by atoms with Gasteiger partial charge in [0.2, 0.25) is 0 Å². The van der Waals surface area contributed by atoms with Crippen molar-refractivity contribution >= 4 is 5.91 Å². The van der Waals surface area contributed by atoms with Crippen molar-refractivity contribution < 1.29 is 19.0 Å². The van der Waals surface area contributed by atoms with Gasteiger partial charge in [-0.25, -0.2) is 0 Å². The van der Waals surface area contributed by atoms with E-state index in [4.69, 9.17) is 14.2 Å². The smallest absolute Gasteiger partial charge is 0.251 e. The molecule has 0 aromatic heterocycles. The molecule has 2 aromatic rings. The predicted molar refractivity (Wildman–Crippen MR) is 97.8 cm³/mol. The number of rotatable bonds is 7. The van der Waals surface area contributed by atoms with Crippen LogP contribution in [-0.2, 0) is 0 Å². The Balaban J connectivity index is 2.21. The number of aryl methyl sites for hydroxylation is 1. The lowest BCUT2D eigenvalue weighted by Gasteiger charge is -2.19. The Bertz CT molecular complexity index is 742. The molecule has 0 aliphatic rings. The largest absolute Gasteiger partial charge is 0.496 e. The monoisotopic (exact) mass is 343 g/mol. The average molecular weight is 343 g/mol. The lowest BCUT2D eigenvalue weighted by molar-refractivity contribution is 0.0935. The highest BCUT2D eigenvalue weighted by Crippen LogP contribution is 2.28. The Morgan fingerprint density at radius 1 is 0.960 bits per heavy atom. The fourth-order valence-corrected chi connectivity index (χ4v) is 2.76. The minimum atomic E-state index is -0.152. The fourth-order valence-electron chi connectivity index (χ4n) is 2.76. The van der Waals surface area contributed by atoms with Crippen LogP contribution in [0.5, 0.6) is 17.2 Å². The van der Waals surface area contributed by atoms with Crippen LogP contribution in [0.2, 0.25) is 0 Å². The third kappa shape index (κ3) is 4.24. The van der Waals surface area contributed by atoms with Crippen molar-refractivity contribution in [1.82, 2.24) is 5.32 Å². The Kier molecular flexibility index (Phi) is 6.28. The van der Waals surface area contributed by atoms with Crippen LogP contribution in [0.25, 0.3) is 0 Å². The van der Waals surface area contributed by atoms with E-state index in [-0.39, 0.29) is 11.9 Å². The second-order valence-electron chi connectivity index (χ2n) is 5.73. The maximum absolute atomic E-state index is 12.6. The number of benzene rings is 2. The molecule has 0 heterocycles. The fraction of sp³-hybridized carbons (Fsp3) is 0.350. The SMILES string of the molecule is CC[C@H](NC(=O)c1ccc(OC)c(OC)c1)c1ccc(OC)c(C)c1. The van der Waals surface area contributed by atoms with E-state index in [0.717, 1.165) is 23.3 Å². The first-order valence-corrected chi connectivity index (χ1v) is 8.21. The molecule has 134 valence electrons. The summed E-state index contributed by atoms with van der Waals surface area (Å²) < 4.78 is 15.8. The van der Waals surface area contributed by atoms with Gasteiger partial charge < -0.3 is 19.5 Å². The minimum absolute atomic E-state index is 0.0785. The van der Waals surface area contributed by atoms with E-state index in [2.05, 4.69) is 5.32 Å². The number of hydrogen-bond donors (Lipinski definition) is 1. The average Bonchev–Trinajstić information content (AvgIpc) is 2.65. The Morgan fingerprint density at radius 3 is 2.16 bits per heavy atom. The van der Waals surface area contributed by atoms with Crippen molar-refractivity contribution in [3.63, 3.8) is 0 Å². The molecule has 5 heteroatoms. The highest BCUT2D eigenvalue weighted by molar-refractivity contribution is 5.95. The molecule has 1 amide bonds. The molecular formula is C20H25NO4. The van der Waals surface area contributed by atoms with Gasteiger partial charge in [-0.1, -0.05) is 19.1 Å². The molecule has 0 unspecified atom stereocenters. The van der Waals surface area contributed by atoms with E-state index in [9.17, 15) is 4.79 Å². The zero-order valence-corrected chi connectivity index (χ0v) is 15.4. The Morgan fingerprint density at radius 2 is 1.60 bits per heavy atom. The molecule has 0 radical (unpaired) electrons. The van der Waals surface area contributed by atoms with E-state index < -0.39 is 0 Å². The summed E-state index contributed by atoms with van der Waals surface area (Å²) in [6, 6.07) is 11.0. The molecule has 0 aliphatic heterocycles. The molecule has 25 heavy (non-hydrogen) atoms. The second-order valence-corrected chi connectivity index (χ2v) is 5.73. The Hall–Kier alpha value is -2.69. The van der Waals surface area contributed by atoms with Crippen LogP contribution in [0.4, 0.5) is 0 Å². The quantitative estimate of drug-likeness (QED) is 0.828. The molecule has 2 aromatic carbocycles. The first-order chi connectivity index (χ1) is 12.0. The number of nitrogens with one attached hydrogen (secondary N) is 1. The van der Waals surface area contributed by atoms with Crippen molar-refractivity contribution in [3.05, 3.63) is 53.1 Å². The van der Waals surface area contributed by atoms with Crippen LogP contribution in [0.1, 0.15) is 40.9 Å². The van der Waals surface area contributed by atoms with Gasteiger partial charge >= 0.3 is 0 Å². The zero-order valence-electron chi connectivity index (χ0n) is 15.4. The van der Waals surface area contributed by atoms with Gasteiger partial charge in [0.1, 0.15) is 5.75 Å². The van der Waals surface area contributed by atoms with Crippen molar-refractivity contribution in [3.8, 4) is 17.2 Å². The summed E-state index contributed by atoms with van der Waals surface area (Å²) in [5, 5.41) is 3.08. The predicted octanol–water partition coefficient (Wildman–Crippen LogP) is 3.90. The number of carbonyl (C=O) groups excluding carboxylic acids is 1. The molecule has 5 nitrogen and oxygen atoms in total. The van der Waals surface area contributed by atoms with Gasteiger partial charge in [-0.3, -0.25) is 4.79 Å². The molecule has 0 saturated carbocycles. The third-order valence-corrected chi connectivity index (χ3v) is 4.18. The molecule has 0 saturated heterocycles. The molecule has 0 bridgehead atoms. The summed E-state index contributed by atoms with van der Waals surface area (Å²) in [7, 11) is 4.77. The number of carbonyl (C=O) groups is 1. The summed E-state index contributed by atoms with van der Waals surface area (Å²) in [6.45, 7) is 4.03. The van der Waals surface area contributed by atoms with Crippen molar-refractivity contribution in [2.45, 2.75) is 26.3 Å².